The number of nitrogens with one attached hydrogen (secondary N) is 1. The Morgan fingerprint density at radius 1 is 1.55 bits per heavy atom. The summed E-state index contributed by atoms with van der Waals surface area (Å²) in [5.41, 5.74) is -2.33. The summed E-state index contributed by atoms with van der Waals surface area (Å²) in [7, 11) is 1.35. The second-order valence-electron chi connectivity index (χ2n) is 4.87. The molecular weight excluding hydrogens is 341 g/mol. The van der Waals surface area contributed by atoms with Crippen LogP contribution >= 0.6 is 15.9 Å². The Kier molecular flexibility index (Phi) is 4.15. The van der Waals surface area contributed by atoms with Crippen molar-refractivity contribution in [3.8, 4) is 0 Å². The lowest BCUT2D eigenvalue weighted by molar-refractivity contribution is -0.221. The van der Waals surface area contributed by atoms with Gasteiger partial charge >= 0.3 is 6.18 Å². The highest BCUT2D eigenvalue weighted by atomic mass is 79.9. The van der Waals surface area contributed by atoms with E-state index in [9.17, 15) is 18.0 Å². The average molecular weight is 355 g/mol. The van der Waals surface area contributed by atoms with Crippen LogP contribution in [0, 0.1) is 5.41 Å². The quantitative estimate of drug-likeness (QED) is 0.907. The maximum atomic E-state index is 13.3. The molecule has 2 heterocycles. The first-order valence-corrected chi connectivity index (χ1v) is 6.83. The predicted molar refractivity (Wildman–Crippen MR) is 68.9 cm³/mol. The Morgan fingerprint density at radius 2 is 2.25 bits per heavy atom. The van der Waals surface area contributed by atoms with Crippen LogP contribution in [0.3, 0.4) is 0 Å². The molecule has 1 amide bonds. The molecule has 4 nitrogen and oxygen atoms in total. The Labute approximate surface area is 122 Å². The van der Waals surface area contributed by atoms with E-state index in [4.69, 9.17) is 4.42 Å². The molecule has 0 bridgehead atoms. The van der Waals surface area contributed by atoms with Crippen LogP contribution in [0.15, 0.2) is 21.2 Å². The standard InChI is InChI=1S/C12H14BrF3N2O2/c1-18(6-8-2-3-9(13)20-8)10(19)11(12(14,15)16)4-5-17-7-11/h2-3,17H,4-7H2,1H3. The van der Waals surface area contributed by atoms with Crippen molar-refractivity contribution in [3.63, 3.8) is 0 Å². The maximum Gasteiger partial charge on any atom is 0.404 e. The molecule has 112 valence electrons. The van der Waals surface area contributed by atoms with Crippen molar-refractivity contribution in [2.75, 3.05) is 20.1 Å². The molecule has 0 aliphatic carbocycles. The first-order valence-electron chi connectivity index (χ1n) is 6.03. The largest absolute Gasteiger partial charge is 0.452 e. The van der Waals surface area contributed by atoms with Crippen LogP contribution in [0.2, 0.25) is 0 Å². The van der Waals surface area contributed by atoms with Gasteiger partial charge in [0.05, 0.1) is 6.54 Å². The number of carbonyl (C=O) groups excluding carboxylic acids is 1. The van der Waals surface area contributed by atoms with Gasteiger partial charge in [0.15, 0.2) is 10.1 Å². The fourth-order valence-electron chi connectivity index (χ4n) is 2.35. The SMILES string of the molecule is CN(Cc1ccc(Br)o1)C(=O)C1(C(F)(F)F)CCNC1. The summed E-state index contributed by atoms with van der Waals surface area (Å²) in [6, 6.07) is 3.24. The van der Waals surface area contributed by atoms with Crippen molar-refractivity contribution in [1.29, 1.82) is 0 Å². The summed E-state index contributed by atoms with van der Waals surface area (Å²) >= 11 is 3.11. The molecule has 1 aliphatic heterocycles. The number of carbonyl (C=O) groups is 1. The zero-order valence-corrected chi connectivity index (χ0v) is 12.3. The molecule has 1 aromatic rings. The van der Waals surface area contributed by atoms with Gasteiger partial charge in [0.25, 0.3) is 0 Å². The van der Waals surface area contributed by atoms with E-state index < -0.39 is 17.5 Å². The zero-order chi connectivity index (χ0) is 15.0. The summed E-state index contributed by atoms with van der Waals surface area (Å²) in [4.78, 5) is 13.3. The topological polar surface area (TPSA) is 45.5 Å². The van der Waals surface area contributed by atoms with Gasteiger partial charge in [0.1, 0.15) is 5.76 Å². The lowest BCUT2D eigenvalue weighted by Gasteiger charge is -2.33. The molecule has 0 spiro atoms. The third-order valence-electron chi connectivity index (χ3n) is 3.48. The lowest BCUT2D eigenvalue weighted by Crippen LogP contribution is -2.52. The highest BCUT2D eigenvalue weighted by Crippen LogP contribution is 2.44. The van der Waals surface area contributed by atoms with Gasteiger partial charge in [-0.3, -0.25) is 4.79 Å². The number of halogens is 4. The smallest absolute Gasteiger partial charge is 0.404 e. The van der Waals surface area contributed by atoms with Crippen LogP contribution in [0.25, 0.3) is 0 Å². The van der Waals surface area contributed by atoms with Gasteiger partial charge in [-0.05, 0) is 41.0 Å². The fourth-order valence-corrected chi connectivity index (χ4v) is 2.69. The number of nitrogens with zero attached hydrogens (tertiary/aromatic N) is 1. The second kappa shape index (κ2) is 5.40. The van der Waals surface area contributed by atoms with Crippen molar-refractivity contribution in [3.05, 3.63) is 22.6 Å². The molecule has 1 aliphatic rings. The number of furan rings is 1. The van der Waals surface area contributed by atoms with Crippen LogP contribution in [0.5, 0.6) is 0 Å². The lowest BCUT2D eigenvalue weighted by atomic mass is 9.84. The first-order chi connectivity index (χ1) is 9.26. The van der Waals surface area contributed by atoms with Gasteiger partial charge in [-0.25, -0.2) is 0 Å². The van der Waals surface area contributed by atoms with Crippen molar-refractivity contribution in [2.24, 2.45) is 5.41 Å². The summed E-state index contributed by atoms with van der Waals surface area (Å²) in [6.45, 7) is -0.185. The molecule has 0 saturated carbocycles. The van der Waals surface area contributed by atoms with E-state index in [0.29, 0.717) is 10.4 Å². The molecule has 1 fully saturated rings. The predicted octanol–water partition coefficient (Wildman–Crippen LogP) is 2.54. The molecule has 2 rings (SSSR count). The van der Waals surface area contributed by atoms with Crippen molar-refractivity contribution < 1.29 is 22.4 Å². The first kappa shape index (κ1) is 15.4. The van der Waals surface area contributed by atoms with Crippen LogP contribution in [0.4, 0.5) is 13.2 Å². The Hall–Kier alpha value is -1.02. The van der Waals surface area contributed by atoms with Crippen molar-refractivity contribution >= 4 is 21.8 Å². The molecule has 1 atom stereocenters. The van der Waals surface area contributed by atoms with E-state index >= 15 is 0 Å². The third-order valence-corrected chi connectivity index (χ3v) is 3.90. The summed E-state index contributed by atoms with van der Waals surface area (Å²) in [6.07, 6.45) is -4.80. The minimum absolute atomic E-state index is 0.00225. The van der Waals surface area contributed by atoms with Crippen LogP contribution < -0.4 is 5.32 Å². The monoisotopic (exact) mass is 354 g/mol. The Bertz CT molecular complexity index is 495. The minimum Gasteiger partial charge on any atom is -0.452 e. The van der Waals surface area contributed by atoms with Gasteiger partial charge in [0, 0.05) is 13.6 Å². The number of amides is 1. The summed E-state index contributed by atoms with van der Waals surface area (Å²) in [5, 5.41) is 2.63. The number of hydrogen-bond acceptors (Lipinski definition) is 3. The van der Waals surface area contributed by atoms with Crippen LogP contribution in [-0.4, -0.2) is 37.1 Å². The zero-order valence-electron chi connectivity index (χ0n) is 10.8. The fraction of sp³-hybridized carbons (Fsp3) is 0.583. The van der Waals surface area contributed by atoms with Gasteiger partial charge < -0.3 is 14.6 Å². The average Bonchev–Trinajstić information content (AvgIpc) is 2.97. The molecular formula is C12H14BrF3N2O2. The molecule has 20 heavy (non-hydrogen) atoms. The van der Waals surface area contributed by atoms with Crippen LogP contribution in [0.1, 0.15) is 12.2 Å². The molecule has 1 aromatic heterocycles. The molecule has 0 aromatic carbocycles. The minimum atomic E-state index is -4.56. The Balaban J connectivity index is 2.16. The summed E-state index contributed by atoms with van der Waals surface area (Å²) in [5.74, 6) is -0.501. The van der Waals surface area contributed by atoms with Crippen molar-refractivity contribution in [1.82, 2.24) is 10.2 Å². The second-order valence-corrected chi connectivity index (χ2v) is 5.66. The molecule has 1 unspecified atom stereocenters. The van der Waals surface area contributed by atoms with Crippen LogP contribution in [-0.2, 0) is 11.3 Å². The molecule has 1 N–H and O–H groups in total. The molecule has 8 heteroatoms. The third kappa shape index (κ3) is 2.71. The van der Waals surface area contributed by atoms with Gasteiger partial charge in [-0.2, -0.15) is 13.2 Å². The van der Waals surface area contributed by atoms with Gasteiger partial charge in [-0.15, -0.1) is 0 Å². The molecule has 0 radical (unpaired) electrons. The van der Waals surface area contributed by atoms with Gasteiger partial charge in [0.2, 0.25) is 5.91 Å². The van der Waals surface area contributed by atoms with Gasteiger partial charge in [-0.1, -0.05) is 0 Å². The highest BCUT2D eigenvalue weighted by molar-refractivity contribution is 9.10. The van der Waals surface area contributed by atoms with E-state index in [0.717, 1.165) is 4.90 Å². The van der Waals surface area contributed by atoms with E-state index in [-0.39, 0.29) is 26.1 Å². The Morgan fingerprint density at radius 3 is 2.70 bits per heavy atom. The van der Waals surface area contributed by atoms with Crippen molar-refractivity contribution in [2.45, 2.75) is 19.1 Å². The normalized spacial score (nSPS) is 23.1. The maximum absolute atomic E-state index is 13.3. The molecule has 1 saturated heterocycles. The van der Waals surface area contributed by atoms with E-state index in [1.165, 1.54) is 7.05 Å². The van der Waals surface area contributed by atoms with E-state index in [2.05, 4.69) is 21.2 Å². The highest BCUT2D eigenvalue weighted by Gasteiger charge is 2.62. The number of alkyl halides is 3. The van der Waals surface area contributed by atoms with E-state index in [1.807, 2.05) is 0 Å². The number of rotatable bonds is 3. The van der Waals surface area contributed by atoms with E-state index in [1.54, 1.807) is 12.1 Å². The summed E-state index contributed by atoms with van der Waals surface area (Å²) < 4.78 is 45.4. The number of hydrogen-bond donors (Lipinski definition) is 1.